The Kier molecular flexibility index (Phi) is 6.48. The predicted octanol–water partition coefficient (Wildman–Crippen LogP) is 3.64. The summed E-state index contributed by atoms with van der Waals surface area (Å²) in [5, 5.41) is 2.79. The first-order valence-corrected chi connectivity index (χ1v) is 13.9. The number of sulfonamides is 2. The molecule has 0 unspecified atom stereocenters. The molecule has 0 spiro atoms. The lowest BCUT2D eigenvalue weighted by Crippen LogP contribution is -2.35. The lowest BCUT2D eigenvalue weighted by molar-refractivity contribution is 0.102. The van der Waals surface area contributed by atoms with Gasteiger partial charge in [0.1, 0.15) is 0 Å². The topological polar surface area (TPSA) is 104 Å². The first-order valence-electron chi connectivity index (χ1n) is 11.0. The second kappa shape index (κ2) is 9.10. The number of hydrogen-bond acceptors (Lipinski definition) is 5. The van der Waals surface area contributed by atoms with Gasteiger partial charge >= 0.3 is 0 Å². The van der Waals surface area contributed by atoms with Crippen LogP contribution in [0.15, 0.2) is 76.5 Å². The minimum Gasteiger partial charge on any atom is -0.322 e. The molecule has 0 saturated carbocycles. The highest BCUT2D eigenvalue weighted by Crippen LogP contribution is 2.37. The maximum atomic E-state index is 13.3. The third-order valence-corrected chi connectivity index (χ3v) is 9.78. The number of hydrogen-bond donors (Lipinski definition) is 1. The van der Waals surface area contributed by atoms with Crippen LogP contribution in [0.5, 0.6) is 0 Å². The molecule has 1 heterocycles. The van der Waals surface area contributed by atoms with Gasteiger partial charge in [0.2, 0.25) is 10.0 Å². The Morgan fingerprint density at radius 2 is 1.63 bits per heavy atom. The van der Waals surface area contributed by atoms with Crippen molar-refractivity contribution in [1.29, 1.82) is 0 Å². The number of nitrogens with zero attached hydrogens (tertiary/aromatic N) is 2. The van der Waals surface area contributed by atoms with Gasteiger partial charge in [0.05, 0.1) is 15.5 Å². The van der Waals surface area contributed by atoms with Crippen LogP contribution in [0.1, 0.15) is 28.4 Å². The van der Waals surface area contributed by atoms with Gasteiger partial charge in [-0.1, -0.05) is 24.3 Å². The van der Waals surface area contributed by atoms with Crippen LogP contribution < -0.4 is 9.62 Å². The second-order valence-electron chi connectivity index (χ2n) is 8.73. The first kappa shape index (κ1) is 24.9. The number of anilines is 2. The lowest BCUT2D eigenvalue weighted by atomic mass is 10.1. The molecule has 0 aliphatic carbocycles. The molecule has 1 amide bonds. The van der Waals surface area contributed by atoms with Crippen LogP contribution in [0.2, 0.25) is 0 Å². The Labute approximate surface area is 206 Å². The fraction of sp³-hybridized carbons (Fsp3) is 0.240. The van der Waals surface area contributed by atoms with Crippen molar-refractivity contribution in [3.63, 3.8) is 0 Å². The summed E-state index contributed by atoms with van der Waals surface area (Å²) in [5.41, 5.74) is 2.76. The van der Waals surface area contributed by atoms with E-state index in [-0.39, 0.29) is 15.8 Å². The van der Waals surface area contributed by atoms with E-state index in [4.69, 9.17) is 0 Å². The summed E-state index contributed by atoms with van der Waals surface area (Å²) in [7, 11) is -4.51. The van der Waals surface area contributed by atoms with Gasteiger partial charge in [0.25, 0.3) is 15.9 Å². The van der Waals surface area contributed by atoms with Gasteiger partial charge in [0, 0.05) is 31.4 Å². The summed E-state index contributed by atoms with van der Waals surface area (Å²) in [6.45, 7) is 3.61. The molecule has 184 valence electrons. The predicted molar refractivity (Wildman–Crippen MR) is 136 cm³/mol. The molecule has 0 saturated heterocycles. The molecule has 3 aromatic rings. The average Bonchev–Trinajstić information content (AvgIpc) is 3.16. The van der Waals surface area contributed by atoms with Crippen LogP contribution in [0.25, 0.3) is 0 Å². The van der Waals surface area contributed by atoms with Crippen molar-refractivity contribution in [3.8, 4) is 0 Å². The number of carbonyl (C=O) groups excluding carboxylic acids is 1. The fourth-order valence-corrected chi connectivity index (χ4v) is 6.76. The summed E-state index contributed by atoms with van der Waals surface area (Å²) >= 11 is 0. The van der Waals surface area contributed by atoms with Crippen molar-refractivity contribution >= 4 is 37.3 Å². The molecule has 1 aliphatic heterocycles. The van der Waals surface area contributed by atoms with E-state index in [1.165, 1.54) is 30.5 Å². The molecule has 0 fully saturated rings. The Morgan fingerprint density at radius 3 is 2.29 bits per heavy atom. The molecular formula is C25H27N3O5S2. The van der Waals surface area contributed by atoms with E-state index in [1.807, 2.05) is 6.92 Å². The summed E-state index contributed by atoms with van der Waals surface area (Å²) in [5.74, 6) is -0.410. The van der Waals surface area contributed by atoms with Crippen molar-refractivity contribution in [2.24, 2.45) is 0 Å². The zero-order chi connectivity index (χ0) is 25.5. The van der Waals surface area contributed by atoms with Crippen molar-refractivity contribution in [3.05, 3.63) is 83.4 Å². The number of benzene rings is 3. The quantitative estimate of drug-likeness (QED) is 0.542. The lowest BCUT2D eigenvalue weighted by Gasteiger charge is -2.24. The van der Waals surface area contributed by atoms with E-state index in [2.05, 4.69) is 5.32 Å². The number of rotatable bonds is 6. The highest BCUT2D eigenvalue weighted by atomic mass is 32.2. The Morgan fingerprint density at radius 1 is 0.943 bits per heavy atom. The molecule has 1 aliphatic rings. The molecular weight excluding hydrogens is 486 g/mol. The van der Waals surface area contributed by atoms with Crippen molar-refractivity contribution in [1.82, 2.24) is 4.31 Å². The fourth-order valence-electron chi connectivity index (χ4n) is 4.12. The van der Waals surface area contributed by atoms with Crippen LogP contribution >= 0.6 is 0 Å². The third kappa shape index (κ3) is 4.56. The van der Waals surface area contributed by atoms with Crippen molar-refractivity contribution < 1.29 is 21.6 Å². The molecule has 3 aromatic carbocycles. The number of nitrogens with one attached hydrogen (secondary N) is 1. The van der Waals surface area contributed by atoms with E-state index in [9.17, 15) is 21.6 Å². The number of amides is 1. The normalized spacial score (nSPS) is 15.8. The van der Waals surface area contributed by atoms with Gasteiger partial charge < -0.3 is 5.32 Å². The molecule has 0 bridgehead atoms. The summed E-state index contributed by atoms with van der Waals surface area (Å²) in [6.07, 6.45) is 0.470. The van der Waals surface area contributed by atoms with E-state index >= 15 is 0 Å². The second-order valence-corrected chi connectivity index (χ2v) is 12.7. The average molecular weight is 514 g/mol. The van der Waals surface area contributed by atoms with Crippen LogP contribution in [-0.2, 0) is 26.5 Å². The summed E-state index contributed by atoms with van der Waals surface area (Å²) < 4.78 is 54.0. The zero-order valence-electron chi connectivity index (χ0n) is 19.9. The minimum atomic E-state index is -3.74. The maximum Gasteiger partial charge on any atom is 0.264 e. The van der Waals surface area contributed by atoms with E-state index in [0.717, 1.165) is 9.87 Å². The number of carbonyl (C=O) groups is 1. The summed E-state index contributed by atoms with van der Waals surface area (Å²) in [4.78, 5) is 13.3. The largest absolute Gasteiger partial charge is 0.322 e. The van der Waals surface area contributed by atoms with Crippen molar-refractivity contribution in [2.45, 2.75) is 36.1 Å². The van der Waals surface area contributed by atoms with Crippen LogP contribution in [0.3, 0.4) is 0 Å². The monoisotopic (exact) mass is 513 g/mol. The Hall–Kier alpha value is -3.21. The van der Waals surface area contributed by atoms with Gasteiger partial charge in [-0.3, -0.25) is 9.10 Å². The minimum absolute atomic E-state index is 0.0768. The van der Waals surface area contributed by atoms with Crippen LogP contribution in [-0.4, -0.2) is 47.2 Å². The smallest absolute Gasteiger partial charge is 0.264 e. The highest BCUT2D eigenvalue weighted by molar-refractivity contribution is 7.93. The van der Waals surface area contributed by atoms with Gasteiger partial charge in [-0.05, 0) is 73.9 Å². The van der Waals surface area contributed by atoms with Crippen LogP contribution in [0.4, 0.5) is 11.4 Å². The van der Waals surface area contributed by atoms with Gasteiger partial charge in [-0.2, -0.15) is 0 Å². The molecule has 1 N–H and O–H groups in total. The third-order valence-electron chi connectivity index (χ3n) is 6.03. The number of fused-ring (bicyclic) bond motifs is 1. The Balaban J connectivity index is 1.63. The molecule has 10 heteroatoms. The van der Waals surface area contributed by atoms with E-state index in [0.29, 0.717) is 28.9 Å². The molecule has 0 aromatic heterocycles. The Bertz CT molecular complexity index is 1500. The van der Waals surface area contributed by atoms with Gasteiger partial charge in [-0.15, -0.1) is 0 Å². The van der Waals surface area contributed by atoms with Crippen LogP contribution in [0, 0.1) is 6.92 Å². The molecule has 1 atom stereocenters. The standard InChI is InChI=1S/C25H27N3O5S2/c1-17-10-12-22(34(30,31)27(3)4)16-23(17)26-25(29)19-11-13-24-20(15-19)14-18(2)28(24)35(32,33)21-8-6-5-7-9-21/h5-13,15-16,18H,14H2,1-4H3,(H,26,29)/t18-/m0/s1. The zero-order valence-corrected chi connectivity index (χ0v) is 21.5. The van der Waals surface area contributed by atoms with E-state index < -0.39 is 26.0 Å². The van der Waals surface area contributed by atoms with Gasteiger partial charge in [-0.25, -0.2) is 21.1 Å². The SMILES string of the molecule is Cc1ccc(S(=O)(=O)N(C)C)cc1NC(=O)c1ccc2c(c1)C[C@H](C)N2S(=O)(=O)c1ccccc1. The molecule has 35 heavy (non-hydrogen) atoms. The maximum absolute atomic E-state index is 13.3. The molecule has 8 nitrogen and oxygen atoms in total. The molecule has 0 radical (unpaired) electrons. The van der Waals surface area contributed by atoms with Crippen molar-refractivity contribution in [2.75, 3.05) is 23.7 Å². The highest BCUT2D eigenvalue weighted by Gasteiger charge is 2.36. The van der Waals surface area contributed by atoms with E-state index in [1.54, 1.807) is 61.5 Å². The molecule has 4 rings (SSSR count). The van der Waals surface area contributed by atoms with Gasteiger partial charge in [0.15, 0.2) is 0 Å². The summed E-state index contributed by atoms with van der Waals surface area (Å²) in [6, 6.07) is 17.5. The number of aryl methyl sites for hydroxylation is 1. The first-order chi connectivity index (χ1) is 16.4.